The molecule has 1 aromatic heterocycles. The lowest BCUT2D eigenvalue weighted by Crippen LogP contribution is -2.25. The van der Waals surface area contributed by atoms with Gasteiger partial charge in [-0.2, -0.15) is 0 Å². The van der Waals surface area contributed by atoms with Gasteiger partial charge in [-0.05, 0) is 31.4 Å². The zero-order valence-corrected chi connectivity index (χ0v) is 13.9. The van der Waals surface area contributed by atoms with E-state index in [2.05, 4.69) is 15.5 Å². The van der Waals surface area contributed by atoms with Crippen molar-refractivity contribution in [3.8, 4) is 5.75 Å². The third kappa shape index (κ3) is 3.28. The van der Waals surface area contributed by atoms with Crippen LogP contribution in [0.2, 0.25) is 5.02 Å². The lowest BCUT2D eigenvalue weighted by molar-refractivity contribution is -0.118. The summed E-state index contributed by atoms with van der Waals surface area (Å²) in [6.45, 7) is 1.72. The van der Waals surface area contributed by atoms with Gasteiger partial charge in [0.15, 0.2) is 5.16 Å². The summed E-state index contributed by atoms with van der Waals surface area (Å²) in [6, 6.07) is 4.46. The van der Waals surface area contributed by atoms with Crippen molar-refractivity contribution in [1.82, 2.24) is 14.8 Å². The minimum atomic E-state index is -0.557. The van der Waals surface area contributed by atoms with Crippen molar-refractivity contribution in [2.24, 2.45) is 0 Å². The molecule has 0 fully saturated rings. The summed E-state index contributed by atoms with van der Waals surface area (Å²) < 4.78 is 6.65. The molecule has 118 valence electrons. The fraction of sp³-hybridized carbons (Fsp3) is 0.308. The molecule has 0 spiro atoms. The van der Waals surface area contributed by atoms with E-state index in [4.69, 9.17) is 22.1 Å². The van der Waals surface area contributed by atoms with E-state index in [0.29, 0.717) is 21.6 Å². The van der Waals surface area contributed by atoms with E-state index in [1.165, 1.54) is 18.9 Å². The number of amides is 1. The molecule has 0 unspecified atom stereocenters. The van der Waals surface area contributed by atoms with Crippen LogP contribution in [0.5, 0.6) is 5.75 Å². The van der Waals surface area contributed by atoms with Crippen LogP contribution in [0.4, 0.5) is 11.6 Å². The van der Waals surface area contributed by atoms with Crippen LogP contribution in [0.3, 0.4) is 0 Å². The molecule has 0 aliphatic rings. The summed E-state index contributed by atoms with van der Waals surface area (Å²) in [4.78, 5) is 12.4. The van der Waals surface area contributed by atoms with Gasteiger partial charge in [0.05, 0.1) is 12.1 Å². The van der Waals surface area contributed by atoms with Crippen LogP contribution in [-0.2, 0) is 4.79 Å². The number of halogens is 1. The van der Waals surface area contributed by atoms with Gasteiger partial charge in [-0.1, -0.05) is 23.4 Å². The fourth-order valence-corrected chi connectivity index (χ4v) is 2.73. The molecule has 0 bridgehead atoms. The van der Waals surface area contributed by atoms with Crippen molar-refractivity contribution >= 4 is 40.9 Å². The number of carbonyl (C=O) groups excluding carboxylic acids is 1. The molecule has 0 radical (unpaired) electrons. The predicted octanol–water partition coefficient (Wildman–Crippen LogP) is 2.44. The van der Waals surface area contributed by atoms with Gasteiger partial charge in [-0.15, -0.1) is 10.2 Å². The summed E-state index contributed by atoms with van der Waals surface area (Å²) in [5.41, 5.74) is 6.34. The highest BCUT2D eigenvalue weighted by molar-refractivity contribution is 7.98. The second-order valence-electron chi connectivity index (χ2n) is 4.43. The number of anilines is 2. The molecule has 0 saturated carbocycles. The molecule has 9 heteroatoms. The van der Waals surface area contributed by atoms with E-state index in [0.717, 1.165) is 0 Å². The molecule has 2 rings (SSSR count). The Labute approximate surface area is 137 Å². The Balaban J connectivity index is 2.18. The standard InChI is InChI=1S/C13H16ClN5O2S/c1-7(19-12(15)17-18-13(19)22-3)11(20)16-8-4-5-10(21-2)9(14)6-8/h4-7H,1-3H3,(H2,15,17)(H,16,20)/t7-/m0/s1. The van der Waals surface area contributed by atoms with Crippen LogP contribution in [0.1, 0.15) is 13.0 Å². The average Bonchev–Trinajstić information content (AvgIpc) is 2.87. The minimum absolute atomic E-state index is 0.194. The topological polar surface area (TPSA) is 95.1 Å². The maximum atomic E-state index is 12.4. The van der Waals surface area contributed by atoms with Crippen LogP contribution in [0.15, 0.2) is 23.4 Å². The molecule has 1 amide bonds. The van der Waals surface area contributed by atoms with Crippen molar-refractivity contribution in [2.75, 3.05) is 24.4 Å². The second kappa shape index (κ2) is 6.89. The fourth-order valence-electron chi connectivity index (χ4n) is 1.90. The third-order valence-electron chi connectivity index (χ3n) is 3.06. The summed E-state index contributed by atoms with van der Waals surface area (Å²) in [5, 5.41) is 11.5. The molecule has 1 heterocycles. The number of nitrogens with two attached hydrogens (primary N) is 1. The number of ether oxygens (including phenoxy) is 1. The molecule has 7 nitrogen and oxygen atoms in total. The number of nitrogens with zero attached hydrogens (tertiary/aromatic N) is 3. The maximum absolute atomic E-state index is 12.4. The molecular formula is C13H16ClN5O2S. The van der Waals surface area contributed by atoms with Gasteiger partial charge in [-0.3, -0.25) is 9.36 Å². The van der Waals surface area contributed by atoms with Gasteiger partial charge >= 0.3 is 0 Å². The first-order valence-corrected chi connectivity index (χ1v) is 7.97. The average molecular weight is 342 g/mol. The molecule has 0 aliphatic heterocycles. The molecule has 0 saturated heterocycles. The first-order chi connectivity index (χ1) is 10.5. The summed E-state index contributed by atoms with van der Waals surface area (Å²) in [7, 11) is 1.53. The van der Waals surface area contributed by atoms with E-state index in [1.54, 1.807) is 29.7 Å². The largest absolute Gasteiger partial charge is 0.495 e. The van der Waals surface area contributed by atoms with Crippen molar-refractivity contribution in [3.63, 3.8) is 0 Å². The Hall–Kier alpha value is -1.93. The molecule has 2 aromatic rings. The molecular weight excluding hydrogens is 326 g/mol. The summed E-state index contributed by atoms with van der Waals surface area (Å²) in [5.74, 6) is 0.489. The summed E-state index contributed by atoms with van der Waals surface area (Å²) >= 11 is 7.41. The van der Waals surface area contributed by atoms with E-state index in [-0.39, 0.29) is 11.9 Å². The molecule has 1 aromatic carbocycles. The van der Waals surface area contributed by atoms with Crippen LogP contribution in [0, 0.1) is 0 Å². The Morgan fingerprint density at radius 2 is 2.23 bits per heavy atom. The number of thioether (sulfide) groups is 1. The highest BCUT2D eigenvalue weighted by atomic mass is 35.5. The third-order valence-corrected chi connectivity index (χ3v) is 4.00. The number of benzene rings is 1. The number of hydrogen-bond acceptors (Lipinski definition) is 6. The van der Waals surface area contributed by atoms with Gasteiger partial charge in [-0.25, -0.2) is 0 Å². The van der Waals surface area contributed by atoms with E-state index < -0.39 is 6.04 Å². The Morgan fingerprint density at radius 1 is 1.50 bits per heavy atom. The second-order valence-corrected chi connectivity index (χ2v) is 5.61. The SMILES string of the molecule is COc1ccc(NC(=O)[C@H](C)n2c(N)nnc2SC)cc1Cl. The van der Waals surface area contributed by atoms with Crippen molar-refractivity contribution in [1.29, 1.82) is 0 Å². The van der Waals surface area contributed by atoms with Crippen molar-refractivity contribution < 1.29 is 9.53 Å². The van der Waals surface area contributed by atoms with Crippen molar-refractivity contribution in [2.45, 2.75) is 18.1 Å². The Morgan fingerprint density at radius 3 is 2.82 bits per heavy atom. The van der Waals surface area contributed by atoms with E-state index in [9.17, 15) is 4.79 Å². The quantitative estimate of drug-likeness (QED) is 0.811. The van der Waals surface area contributed by atoms with Crippen LogP contribution in [0.25, 0.3) is 0 Å². The van der Waals surface area contributed by atoms with Crippen molar-refractivity contribution in [3.05, 3.63) is 23.2 Å². The zero-order chi connectivity index (χ0) is 16.3. The number of methoxy groups -OCH3 is 1. The predicted molar refractivity (Wildman–Crippen MR) is 87.6 cm³/mol. The lowest BCUT2D eigenvalue weighted by atomic mass is 10.2. The van der Waals surface area contributed by atoms with E-state index >= 15 is 0 Å². The molecule has 3 N–H and O–H groups in total. The van der Waals surface area contributed by atoms with Gasteiger partial charge in [0.25, 0.3) is 0 Å². The highest BCUT2D eigenvalue weighted by Crippen LogP contribution is 2.28. The first kappa shape index (κ1) is 16.4. The highest BCUT2D eigenvalue weighted by Gasteiger charge is 2.21. The first-order valence-electron chi connectivity index (χ1n) is 6.36. The Kier molecular flexibility index (Phi) is 5.15. The van der Waals surface area contributed by atoms with Gasteiger partial charge in [0, 0.05) is 5.69 Å². The number of hydrogen-bond donors (Lipinski definition) is 2. The van der Waals surface area contributed by atoms with Gasteiger partial charge in [0.2, 0.25) is 11.9 Å². The van der Waals surface area contributed by atoms with Gasteiger partial charge < -0.3 is 15.8 Å². The van der Waals surface area contributed by atoms with E-state index in [1.807, 2.05) is 6.26 Å². The lowest BCUT2D eigenvalue weighted by Gasteiger charge is -2.16. The number of nitrogens with one attached hydrogen (secondary N) is 1. The minimum Gasteiger partial charge on any atom is -0.495 e. The number of aromatic nitrogens is 3. The number of carbonyl (C=O) groups is 1. The molecule has 1 atom stereocenters. The van der Waals surface area contributed by atoms with Crippen LogP contribution in [-0.4, -0.2) is 34.0 Å². The number of nitrogen functional groups attached to an aromatic ring is 1. The van der Waals surface area contributed by atoms with Crippen LogP contribution >= 0.6 is 23.4 Å². The Bertz CT molecular complexity index is 691. The normalized spacial score (nSPS) is 12.0. The summed E-state index contributed by atoms with van der Waals surface area (Å²) in [6.07, 6.45) is 1.84. The monoisotopic (exact) mass is 341 g/mol. The molecule has 22 heavy (non-hydrogen) atoms. The smallest absolute Gasteiger partial charge is 0.247 e. The number of rotatable bonds is 5. The van der Waals surface area contributed by atoms with Crippen LogP contribution < -0.4 is 15.8 Å². The zero-order valence-electron chi connectivity index (χ0n) is 12.3. The van der Waals surface area contributed by atoms with Gasteiger partial charge in [0.1, 0.15) is 11.8 Å². The molecule has 0 aliphatic carbocycles. The maximum Gasteiger partial charge on any atom is 0.247 e.